The van der Waals surface area contributed by atoms with Crippen LogP contribution in [0.4, 0.5) is 18.9 Å². The third-order valence-electron chi connectivity index (χ3n) is 3.53. The first-order valence-corrected chi connectivity index (χ1v) is 7.93. The van der Waals surface area contributed by atoms with Gasteiger partial charge in [0.25, 0.3) is 0 Å². The van der Waals surface area contributed by atoms with E-state index in [1.54, 1.807) is 18.2 Å². The van der Waals surface area contributed by atoms with E-state index >= 15 is 0 Å². The van der Waals surface area contributed by atoms with E-state index in [-0.39, 0.29) is 0 Å². The van der Waals surface area contributed by atoms with Crippen LogP contribution in [0, 0.1) is 0 Å². The van der Waals surface area contributed by atoms with E-state index in [2.05, 4.69) is 10.6 Å². The highest BCUT2D eigenvalue weighted by Gasteiger charge is 2.29. The molecule has 1 heterocycles. The Balaban J connectivity index is 1.54. The molecule has 0 fully saturated rings. The van der Waals surface area contributed by atoms with Crippen LogP contribution in [-0.4, -0.2) is 18.3 Å². The van der Waals surface area contributed by atoms with Crippen molar-refractivity contribution in [3.8, 4) is 11.5 Å². The minimum absolute atomic E-state index is 0.314. The predicted molar refractivity (Wildman–Crippen MR) is 91.9 cm³/mol. The van der Waals surface area contributed by atoms with Crippen molar-refractivity contribution in [1.29, 1.82) is 0 Å². The Morgan fingerprint density at radius 1 is 1.00 bits per heavy atom. The number of benzene rings is 2. The van der Waals surface area contributed by atoms with E-state index < -0.39 is 11.7 Å². The summed E-state index contributed by atoms with van der Waals surface area (Å²) in [5.74, 6) is 1.32. The van der Waals surface area contributed by atoms with E-state index in [0.717, 1.165) is 17.8 Å². The monoisotopic (exact) mass is 368 g/mol. The summed E-state index contributed by atoms with van der Waals surface area (Å²) in [7, 11) is 0. The molecule has 0 saturated heterocycles. The first kappa shape index (κ1) is 17.3. The number of fused-ring (bicyclic) bond motifs is 1. The molecule has 0 unspecified atom stereocenters. The number of rotatable bonds is 3. The van der Waals surface area contributed by atoms with Gasteiger partial charge in [0.2, 0.25) is 0 Å². The number of ether oxygens (including phenoxy) is 2. The van der Waals surface area contributed by atoms with Gasteiger partial charge in [-0.15, -0.1) is 0 Å². The number of anilines is 1. The van der Waals surface area contributed by atoms with E-state index in [1.165, 1.54) is 12.1 Å². The lowest BCUT2D eigenvalue weighted by Gasteiger charge is -2.19. The average Bonchev–Trinajstić information content (AvgIpc) is 2.59. The lowest BCUT2D eigenvalue weighted by molar-refractivity contribution is -0.137. The van der Waals surface area contributed by atoms with Gasteiger partial charge in [-0.1, -0.05) is 12.1 Å². The summed E-state index contributed by atoms with van der Waals surface area (Å²) in [5, 5.41) is 6.31. The average molecular weight is 368 g/mol. The van der Waals surface area contributed by atoms with E-state index in [4.69, 9.17) is 21.7 Å². The van der Waals surface area contributed by atoms with Gasteiger partial charge in [-0.3, -0.25) is 0 Å². The molecule has 8 heteroatoms. The second-order valence-electron chi connectivity index (χ2n) is 5.36. The first-order chi connectivity index (χ1) is 11.9. The molecule has 2 aromatic carbocycles. The predicted octanol–water partition coefficient (Wildman–Crippen LogP) is 3.96. The standard InChI is InChI=1S/C17H15F3N2O2S/c18-17(19,20)12-3-1-11(2-4-12)10-21-16(25)22-13-5-6-14-15(9-13)24-8-7-23-14/h1-6,9H,7-8,10H2,(H2,21,22,25). The Morgan fingerprint density at radius 3 is 2.36 bits per heavy atom. The molecule has 0 atom stereocenters. The minimum atomic E-state index is -4.33. The molecule has 0 amide bonds. The molecule has 3 rings (SSSR count). The Hall–Kier alpha value is -2.48. The second-order valence-corrected chi connectivity index (χ2v) is 5.77. The summed E-state index contributed by atoms with van der Waals surface area (Å²) in [6, 6.07) is 10.3. The van der Waals surface area contributed by atoms with Crippen molar-refractivity contribution in [1.82, 2.24) is 5.32 Å². The van der Waals surface area contributed by atoms with E-state index in [0.29, 0.717) is 41.9 Å². The maximum atomic E-state index is 12.5. The first-order valence-electron chi connectivity index (χ1n) is 7.52. The van der Waals surface area contributed by atoms with Crippen molar-refractivity contribution in [2.45, 2.75) is 12.7 Å². The number of alkyl halides is 3. The maximum Gasteiger partial charge on any atom is 0.416 e. The second kappa shape index (κ2) is 7.18. The number of hydrogen-bond acceptors (Lipinski definition) is 3. The van der Waals surface area contributed by atoms with Gasteiger partial charge in [-0.2, -0.15) is 13.2 Å². The Morgan fingerprint density at radius 2 is 1.68 bits per heavy atom. The zero-order chi connectivity index (χ0) is 17.9. The van der Waals surface area contributed by atoms with Crippen LogP contribution in [0.5, 0.6) is 11.5 Å². The summed E-state index contributed by atoms with van der Waals surface area (Å²) in [6.07, 6.45) is -4.33. The summed E-state index contributed by atoms with van der Waals surface area (Å²) < 4.78 is 48.5. The van der Waals surface area contributed by atoms with Crippen molar-refractivity contribution in [3.63, 3.8) is 0 Å². The molecule has 25 heavy (non-hydrogen) atoms. The van der Waals surface area contributed by atoms with E-state index in [9.17, 15) is 13.2 Å². The SMILES string of the molecule is FC(F)(F)c1ccc(CNC(=S)Nc2ccc3c(c2)OCCO3)cc1. The zero-order valence-electron chi connectivity index (χ0n) is 13.0. The molecule has 0 saturated carbocycles. The van der Waals surface area contributed by atoms with Crippen molar-refractivity contribution < 1.29 is 22.6 Å². The normalized spacial score (nSPS) is 13.2. The highest BCUT2D eigenvalue weighted by molar-refractivity contribution is 7.80. The van der Waals surface area contributed by atoms with Crippen LogP contribution in [0.1, 0.15) is 11.1 Å². The molecule has 0 spiro atoms. The molecule has 0 aliphatic carbocycles. The lowest BCUT2D eigenvalue weighted by Crippen LogP contribution is -2.28. The lowest BCUT2D eigenvalue weighted by atomic mass is 10.1. The fourth-order valence-electron chi connectivity index (χ4n) is 2.29. The van der Waals surface area contributed by atoms with Crippen molar-refractivity contribution in [3.05, 3.63) is 53.6 Å². The van der Waals surface area contributed by atoms with Gasteiger partial charge in [0, 0.05) is 18.3 Å². The Kier molecular flexibility index (Phi) is 4.98. The molecule has 2 N–H and O–H groups in total. The summed E-state index contributed by atoms with van der Waals surface area (Å²) in [4.78, 5) is 0. The van der Waals surface area contributed by atoms with Gasteiger partial charge >= 0.3 is 6.18 Å². The fourth-order valence-corrected chi connectivity index (χ4v) is 2.48. The molecule has 2 aromatic rings. The summed E-state index contributed by atoms with van der Waals surface area (Å²) in [5.41, 5.74) is 0.752. The van der Waals surface area contributed by atoms with Crippen molar-refractivity contribution in [2.75, 3.05) is 18.5 Å². The fraction of sp³-hybridized carbons (Fsp3) is 0.235. The molecular weight excluding hydrogens is 353 g/mol. The van der Waals surface area contributed by atoms with Gasteiger partial charge in [0.15, 0.2) is 16.6 Å². The number of halogens is 3. The van der Waals surface area contributed by atoms with Crippen molar-refractivity contribution >= 4 is 23.0 Å². The largest absolute Gasteiger partial charge is 0.486 e. The Bertz CT molecular complexity index is 763. The number of thiocarbonyl (C=S) groups is 1. The molecule has 0 bridgehead atoms. The molecule has 1 aliphatic heterocycles. The number of hydrogen-bond donors (Lipinski definition) is 2. The quantitative estimate of drug-likeness (QED) is 0.803. The van der Waals surface area contributed by atoms with Crippen molar-refractivity contribution in [2.24, 2.45) is 0 Å². The van der Waals surface area contributed by atoms with Crippen LogP contribution >= 0.6 is 12.2 Å². The zero-order valence-corrected chi connectivity index (χ0v) is 13.8. The number of nitrogens with one attached hydrogen (secondary N) is 2. The van der Waals surface area contributed by atoms with Gasteiger partial charge in [0.1, 0.15) is 13.2 Å². The van der Waals surface area contributed by atoms with Gasteiger partial charge in [-0.25, -0.2) is 0 Å². The van der Waals surface area contributed by atoms with Crippen LogP contribution in [0.2, 0.25) is 0 Å². The Labute approximate surface area is 147 Å². The minimum Gasteiger partial charge on any atom is -0.486 e. The van der Waals surface area contributed by atoms with Gasteiger partial charge in [0.05, 0.1) is 5.56 Å². The highest BCUT2D eigenvalue weighted by atomic mass is 32.1. The summed E-state index contributed by atoms with van der Waals surface area (Å²) in [6.45, 7) is 1.33. The maximum absolute atomic E-state index is 12.5. The van der Waals surface area contributed by atoms with Gasteiger partial charge in [-0.05, 0) is 42.0 Å². The van der Waals surface area contributed by atoms with Crippen LogP contribution in [0.25, 0.3) is 0 Å². The molecule has 132 valence electrons. The highest BCUT2D eigenvalue weighted by Crippen LogP contribution is 2.32. The summed E-state index contributed by atoms with van der Waals surface area (Å²) >= 11 is 5.20. The third kappa shape index (κ3) is 4.54. The van der Waals surface area contributed by atoms with Gasteiger partial charge < -0.3 is 20.1 Å². The van der Waals surface area contributed by atoms with Crippen LogP contribution in [-0.2, 0) is 12.7 Å². The van der Waals surface area contributed by atoms with Crippen LogP contribution < -0.4 is 20.1 Å². The van der Waals surface area contributed by atoms with E-state index in [1.807, 2.05) is 0 Å². The third-order valence-corrected chi connectivity index (χ3v) is 3.78. The van der Waals surface area contributed by atoms with Crippen LogP contribution in [0.15, 0.2) is 42.5 Å². The molecular formula is C17H15F3N2O2S. The molecule has 1 aliphatic rings. The molecule has 0 radical (unpaired) electrons. The van der Waals surface area contributed by atoms with Crippen LogP contribution in [0.3, 0.4) is 0 Å². The smallest absolute Gasteiger partial charge is 0.416 e. The molecule has 0 aromatic heterocycles. The molecule has 4 nitrogen and oxygen atoms in total. The topological polar surface area (TPSA) is 42.5 Å².